The molecule has 0 saturated heterocycles. The third-order valence-electron chi connectivity index (χ3n) is 2.95. The lowest BCUT2D eigenvalue weighted by Crippen LogP contribution is -2.18. The molecule has 1 amide bonds. The summed E-state index contributed by atoms with van der Waals surface area (Å²) in [6.07, 6.45) is 4.48. The molecular weight excluding hydrogens is 324 g/mol. The largest absolute Gasteiger partial charge is 0.463 e. The van der Waals surface area contributed by atoms with Crippen LogP contribution in [0.25, 0.3) is 6.08 Å². The molecule has 0 aliphatic rings. The zero-order chi connectivity index (χ0) is 18.8. The second-order valence-electron chi connectivity index (χ2n) is 5.62. The fourth-order valence-corrected chi connectivity index (χ4v) is 1.94. The predicted molar refractivity (Wildman–Crippen MR) is 93.9 cm³/mol. The molecule has 1 heterocycles. The number of esters is 2. The molecule has 0 spiro atoms. The molecule has 0 aromatic carbocycles. The molecule has 0 radical (unpaired) electrons. The monoisotopic (exact) mass is 348 g/mol. The van der Waals surface area contributed by atoms with Crippen LogP contribution in [0.1, 0.15) is 50.0 Å². The lowest BCUT2D eigenvalue weighted by molar-refractivity contribution is -0.137. The van der Waals surface area contributed by atoms with Crippen molar-refractivity contribution in [3.63, 3.8) is 0 Å². The molecule has 7 nitrogen and oxygen atoms in total. The number of carbonyl (C=O) groups is 3. The molecule has 1 N–H and O–H groups in total. The van der Waals surface area contributed by atoms with Gasteiger partial charge in [0.05, 0.1) is 13.2 Å². The Labute approximate surface area is 147 Å². The minimum atomic E-state index is -0.596. The first-order valence-corrected chi connectivity index (χ1v) is 8.19. The van der Waals surface area contributed by atoms with Crippen molar-refractivity contribution in [2.24, 2.45) is 5.92 Å². The van der Waals surface area contributed by atoms with E-state index in [4.69, 9.17) is 9.47 Å². The van der Waals surface area contributed by atoms with Crippen molar-refractivity contribution >= 4 is 29.7 Å². The van der Waals surface area contributed by atoms with E-state index < -0.39 is 11.9 Å². The van der Waals surface area contributed by atoms with Gasteiger partial charge in [0.25, 0.3) is 0 Å². The highest BCUT2D eigenvalue weighted by molar-refractivity contribution is 6.00. The van der Waals surface area contributed by atoms with Gasteiger partial charge in [-0.2, -0.15) is 0 Å². The number of rotatable bonds is 8. The number of carbonyl (C=O) groups excluding carboxylic acids is 3. The molecule has 1 aromatic heterocycles. The summed E-state index contributed by atoms with van der Waals surface area (Å²) in [5.74, 6) is -1.01. The van der Waals surface area contributed by atoms with Crippen LogP contribution in [-0.2, 0) is 19.1 Å². The highest BCUT2D eigenvalue weighted by Gasteiger charge is 2.17. The number of nitrogens with zero attached hydrogens (tertiary/aromatic N) is 1. The van der Waals surface area contributed by atoms with Gasteiger partial charge in [-0.15, -0.1) is 0 Å². The van der Waals surface area contributed by atoms with Crippen LogP contribution in [0.15, 0.2) is 18.3 Å². The summed E-state index contributed by atoms with van der Waals surface area (Å²) in [4.78, 5) is 39.6. The van der Waals surface area contributed by atoms with Crippen molar-refractivity contribution in [3.05, 3.63) is 29.5 Å². The second kappa shape index (κ2) is 10.2. The van der Waals surface area contributed by atoms with E-state index in [0.29, 0.717) is 12.0 Å². The van der Waals surface area contributed by atoms with Gasteiger partial charge in [0, 0.05) is 18.7 Å². The summed E-state index contributed by atoms with van der Waals surface area (Å²) in [5.41, 5.74) is 0.642. The molecule has 0 saturated carbocycles. The Bertz CT molecular complexity index is 653. The third kappa shape index (κ3) is 7.15. The van der Waals surface area contributed by atoms with Crippen molar-refractivity contribution in [1.82, 2.24) is 4.98 Å². The maximum absolute atomic E-state index is 12.1. The Balaban J connectivity index is 3.06. The van der Waals surface area contributed by atoms with E-state index in [2.05, 4.69) is 10.3 Å². The van der Waals surface area contributed by atoms with Gasteiger partial charge in [0.1, 0.15) is 11.4 Å². The fourth-order valence-electron chi connectivity index (χ4n) is 1.94. The topological polar surface area (TPSA) is 94.6 Å². The quantitative estimate of drug-likeness (QED) is 0.573. The Hall–Kier alpha value is -2.70. The molecule has 136 valence electrons. The van der Waals surface area contributed by atoms with Crippen molar-refractivity contribution in [3.8, 4) is 0 Å². The average Bonchev–Trinajstić information content (AvgIpc) is 2.53. The van der Waals surface area contributed by atoms with Crippen LogP contribution in [0.5, 0.6) is 0 Å². The first kappa shape index (κ1) is 20.3. The maximum Gasteiger partial charge on any atom is 0.341 e. The fraction of sp³-hybridized carbons (Fsp3) is 0.444. The van der Waals surface area contributed by atoms with E-state index in [1.807, 2.05) is 13.8 Å². The zero-order valence-corrected chi connectivity index (χ0v) is 15.0. The van der Waals surface area contributed by atoms with Gasteiger partial charge >= 0.3 is 11.9 Å². The minimum Gasteiger partial charge on any atom is -0.463 e. The van der Waals surface area contributed by atoms with Crippen LogP contribution in [0.2, 0.25) is 0 Å². The Morgan fingerprint density at radius 3 is 2.48 bits per heavy atom. The molecule has 0 atom stereocenters. The van der Waals surface area contributed by atoms with E-state index in [1.54, 1.807) is 13.8 Å². The molecule has 0 bridgehead atoms. The SMILES string of the molecule is CCOC(=O)C=Cc1cnc(NC(=O)CC(C)C)c(C(=O)OCC)c1. The summed E-state index contributed by atoms with van der Waals surface area (Å²) in [6, 6.07) is 1.51. The number of anilines is 1. The number of ether oxygens (including phenoxy) is 2. The Morgan fingerprint density at radius 2 is 1.88 bits per heavy atom. The number of aromatic nitrogens is 1. The van der Waals surface area contributed by atoms with Crippen molar-refractivity contribution in [2.75, 3.05) is 18.5 Å². The van der Waals surface area contributed by atoms with E-state index in [1.165, 1.54) is 24.4 Å². The van der Waals surface area contributed by atoms with Gasteiger partial charge in [-0.1, -0.05) is 13.8 Å². The second-order valence-corrected chi connectivity index (χ2v) is 5.62. The summed E-state index contributed by atoms with van der Waals surface area (Å²) < 4.78 is 9.80. The van der Waals surface area contributed by atoms with Crippen molar-refractivity contribution < 1.29 is 23.9 Å². The molecule has 1 rings (SSSR count). The smallest absolute Gasteiger partial charge is 0.341 e. The molecular formula is C18H24N2O5. The van der Waals surface area contributed by atoms with Gasteiger partial charge in [-0.05, 0) is 37.5 Å². The van der Waals surface area contributed by atoms with Crippen LogP contribution < -0.4 is 5.32 Å². The maximum atomic E-state index is 12.1. The van der Waals surface area contributed by atoms with E-state index in [0.717, 1.165) is 0 Å². The van der Waals surface area contributed by atoms with Gasteiger partial charge in [0.2, 0.25) is 5.91 Å². The van der Waals surface area contributed by atoms with E-state index in [9.17, 15) is 14.4 Å². The summed E-state index contributed by atoms with van der Waals surface area (Å²) >= 11 is 0. The molecule has 25 heavy (non-hydrogen) atoms. The van der Waals surface area contributed by atoms with Crippen molar-refractivity contribution in [1.29, 1.82) is 0 Å². The number of hydrogen-bond donors (Lipinski definition) is 1. The average molecular weight is 348 g/mol. The molecule has 0 fully saturated rings. The normalized spacial score (nSPS) is 10.8. The lowest BCUT2D eigenvalue weighted by atomic mass is 10.1. The predicted octanol–water partition coefficient (Wildman–Crippen LogP) is 2.82. The molecule has 0 unspecified atom stereocenters. The van der Waals surface area contributed by atoms with Crippen LogP contribution in [0.4, 0.5) is 5.82 Å². The van der Waals surface area contributed by atoms with Crippen LogP contribution >= 0.6 is 0 Å². The summed E-state index contributed by atoms with van der Waals surface area (Å²) in [6.45, 7) is 7.70. The van der Waals surface area contributed by atoms with Crippen LogP contribution in [-0.4, -0.2) is 36.0 Å². The number of amides is 1. The Morgan fingerprint density at radius 1 is 1.20 bits per heavy atom. The van der Waals surface area contributed by atoms with Crippen molar-refractivity contribution in [2.45, 2.75) is 34.1 Å². The first-order valence-electron chi connectivity index (χ1n) is 8.19. The highest BCUT2D eigenvalue weighted by Crippen LogP contribution is 2.18. The number of hydrogen-bond acceptors (Lipinski definition) is 6. The standard InChI is InChI=1S/C18H24N2O5/c1-5-24-16(22)8-7-13-10-14(18(23)25-6-2)17(19-11-13)20-15(21)9-12(3)4/h7-8,10-12H,5-6,9H2,1-4H3,(H,19,20,21). The van der Waals surface area contributed by atoms with E-state index >= 15 is 0 Å². The van der Waals surface area contributed by atoms with Gasteiger partial charge in [0.15, 0.2) is 0 Å². The summed E-state index contributed by atoms with van der Waals surface area (Å²) in [7, 11) is 0. The van der Waals surface area contributed by atoms with Gasteiger partial charge in [-0.25, -0.2) is 14.6 Å². The number of nitrogens with one attached hydrogen (secondary N) is 1. The molecule has 7 heteroatoms. The van der Waals surface area contributed by atoms with Gasteiger partial charge < -0.3 is 14.8 Å². The van der Waals surface area contributed by atoms with Crippen LogP contribution in [0.3, 0.4) is 0 Å². The number of pyridine rings is 1. The molecule has 0 aliphatic carbocycles. The Kier molecular flexibility index (Phi) is 8.32. The highest BCUT2D eigenvalue weighted by atomic mass is 16.5. The van der Waals surface area contributed by atoms with Crippen LogP contribution in [0, 0.1) is 5.92 Å². The first-order chi connectivity index (χ1) is 11.9. The lowest BCUT2D eigenvalue weighted by Gasteiger charge is -2.11. The minimum absolute atomic E-state index is 0.130. The van der Waals surface area contributed by atoms with E-state index in [-0.39, 0.29) is 36.4 Å². The third-order valence-corrected chi connectivity index (χ3v) is 2.95. The zero-order valence-electron chi connectivity index (χ0n) is 15.0. The van der Waals surface area contributed by atoms with Gasteiger partial charge in [-0.3, -0.25) is 4.79 Å². The molecule has 1 aromatic rings. The molecule has 0 aliphatic heterocycles. The summed E-state index contributed by atoms with van der Waals surface area (Å²) in [5, 5.41) is 2.63.